The molecule has 7 heteroatoms. The molecule has 0 bridgehead atoms. The minimum atomic E-state index is 0.0807. The van der Waals surface area contributed by atoms with Crippen molar-refractivity contribution in [2.45, 2.75) is 38.6 Å². The van der Waals surface area contributed by atoms with Gasteiger partial charge in [0.05, 0.1) is 19.2 Å². The maximum absolute atomic E-state index is 12.8. The van der Waals surface area contributed by atoms with Gasteiger partial charge in [0.25, 0.3) is 0 Å². The van der Waals surface area contributed by atoms with E-state index in [1.807, 2.05) is 40.3 Å². The molecule has 0 unspecified atom stereocenters. The van der Waals surface area contributed by atoms with Crippen molar-refractivity contribution in [1.82, 2.24) is 19.8 Å². The third-order valence-electron chi connectivity index (χ3n) is 5.84. The van der Waals surface area contributed by atoms with Crippen LogP contribution in [0.2, 0.25) is 0 Å². The van der Waals surface area contributed by atoms with Gasteiger partial charge in [0.15, 0.2) is 0 Å². The molecule has 2 amide bonds. The Hall–Kier alpha value is -2.96. The lowest BCUT2D eigenvalue weighted by Crippen LogP contribution is -2.37. The lowest BCUT2D eigenvalue weighted by Gasteiger charge is -2.29. The van der Waals surface area contributed by atoms with Crippen LogP contribution >= 0.6 is 0 Å². The summed E-state index contributed by atoms with van der Waals surface area (Å²) >= 11 is 0. The smallest absolute Gasteiger partial charge is 0.227 e. The second-order valence-corrected chi connectivity index (χ2v) is 7.70. The highest BCUT2D eigenvalue weighted by molar-refractivity contribution is 5.79. The maximum Gasteiger partial charge on any atom is 0.227 e. The molecule has 0 saturated carbocycles. The molecule has 0 N–H and O–H groups in total. The second kappa shape index (κ2) is 8.19. The van der Waals surface area contributed by atoms with Crippen LogP contribution in [0.15, 0.2) is 30.5 Å². The average molecular weight is 394 g/mol. The summed E-state index contributed by atoms with van der Waals surface area (Å²) in [6.45, 7) is 4.26. The van der Waals surface area contributed by atoms with Gasteiger partial charge < -0.3 is 14.5 Å². The number of para-hydroxylation sites is 1. The summed E-state index contributed by atoms with van der Waals surface area (Å²) in [4.78, 5) is 37.5. The van der Waals surface area contributed by atoms with Gasteiger partial charge in [-0.2, -0.15) is 0 Å². The number of ether oxygens (including phenoxy) is 1. The van der Waals surface area contributed by atoms with Crippen LogP contribution in [0, 0.1) is 0 Å². The Balaban J connectivity index is 1.43. The van der Waals surface area contributed by atoms with E-state index in [2.05, 4.69) is 4.98 Å². The number of methoxy groups -OCH3 is 1. The number of carbonyl (C=O) groups excluding carboxylic acids is 2. The zero-order chi connectivity index (χ0) is 20.4. The van der Waals surface area contributed by atoms with Crippen molar-refractivity contribution in [2.75, 3.05) is 26.7 Å². The van der Waals surface area contributed by atoms with Gasteiger partial charge in [-0.25, -0.2) is 9.97 Å². The van der Waals surface area contributed by atoms with Crippen molar-refractivity contribution >= 4 is 11.8 Å². The van der Waals surface area contributed by atoms with Crippen LogP contribution in [0.25, 0.3) is 0 Å². The molecule has 0 aliphatic carbocycles. The summed E-state index contributed by atoms with van der Waals surface area (Å²) in [7, 11) is 1.62. The van der Waals surface area contributed by atoms with Crippen molar-refractivity contribution in [3.05, 3.63) is 53.1 Å². The van der Waals surface area contributed by atoms with E-state index in [9.17, 15) is 9.59 Å². The summed E-state index contributed by atoms with van der Waals surface area (Å²) in [6.07, 6.45) is 3.81. The van der Waals surface area contributed by atoms with Crippen LogP contribution in [0.3, 0.4) is 0 Å². The van der Waals surface area contributed by atoms with Gasteiger partial charge >= 0.3 is 0 Å². The van der Waals surface area contributed by atoms with Crippen molar-refractivity contribution in [3.63, 3.8) is 0 Å². The Labute approximate surface area is 170 Å². The number of likely N-dealkylation sites (tertiary alicyclic amines) is 1. The molecule has 0 spiro atoms. The molecule has 2 aliphatic rings. The first-order chi connectivity index (χ1) is 14.0. The topological polar surface area (TPSA) is 75.6 Å². The molecule has 152 valence electrons. The summed E-state index contributed by atoms with van der Waals surface area (Å²) in [5.74, 6) is 1.95. The van der Waals surface area contributed by atoms with Crippen molar-refractivity contribution in [3.8, 4) is 5.75 Å². The molecule has 2 aromatic rings. The zero-order valence-corrected chi connectivity index (χ0v) is 16.9. The number of benzene rings is 1. The molecule has 29 heavy (non-hydrogen) atoms. The van der Waals surface area contributed by atoms with E-state index in [-0.39, 0.29) is 17.7 Å². The largest absolute Gasteiger partial charge is 0.496 e. The first kappa shape index (κ1) is 19.4. The predicted molar refractivity (Wildman–Crippen MR) is 107 cm³/mol. The highest BCUT2D eigenvalue weighted by Gasteiger charge is 2.29. The Bertz CT molecular complexity index is 930. The molecular formula is C22H26N4O3. The molecular weight excluding hydrogens is 368 g/mol. The number of hydrogen-bond donors (Lipinski definition) is 0. The second-order valence-electron chi connectivity index (χ2n) is 7.70. The lowest BCUT2D eigenvalue weighted by atomic mass is 10.0. The first-order valence-corrected chi connectivity index (χ1v) is 10.0. The maximum atomic E-state index is 12.8. The summed E-state index contributed by atoms with van der Waals surface area (Å²) in [6, 6.07) is 7.62. The Morgan fingerprint density at radius 1 is 1.21 bits per heavy atom. The minimum Gasteiger partial charge on any atom is -0.496 e. The lowest BCUT2D eigenvalue weighted by molar-refractivity contribution is -0.131. The normalized spacial score (nSPS) is 18.5. The molecule has 1 fully saturated rings. The predicted octanol–water partition coefficient (Wildman–Crippen LogP) is 1.95. The van der Waals surface area contributed by atoms with E-state index in [0.29, 0.717) is 26.1 Å². The van der Waals surface area contributed by atoms with E-state index in [1.165, 1.54) is 0 Å². The molecule has 3 heterocycles. The number of rotatable bonds is 4. The van der Waals surface area contributed by atoms with Crippen molar-refractivity contribution < 1.29 is 14.3 Å². The Morgan fingerprint density at radius 2 is 2.03 bits per heavy atom. The minimum absolute atomic E-state index is 0.0807. The Kier molecular flexibility index (Phi) is 5.47. The SMILES string of the molecule is COc1ccccc1CC(=O)N1CCc2nc([C@@H]3CCN(C(C)=O)C3)ncc2C1. The first-order valence-electron chi connectivity index (χ1n) is 10.0. The summed E-state index contributed by atoms with van der Waals surface area (Å²) < 4.78 is 5.36. The highest BCUT2D eigenvalue weighted by Crippen LogP contribution is 2.27. The molecule has 1 aromatic carbocycles. The van der Waals surface area contributed by atoms with Crippen LogP contribution in [0.4, 0.5) is 0 Å². The van der Waals surface area contributed by atoms with Gasteiger partial charge in [-0.15, -0.1) is 0 Å². The molecule has 1 saturated heterocycles. The van der Waals surface area contributed by atoms with E-state index in [1.54, 1.807) is 14.0 Å². The van der Waals surface area contributed by atoms with Gasteiger partial charge in [-0.3, -0.25) is 9.59 Å². The average Bonchev–Trinajstić information content (AvgIpc) is 3.24. The number of hydrogen-bond acceptors (Lipinski definition) is 5. The third-order valence-corrected chi connectivity index (χ3v) is 5.84. The van der Waals surface area contributed by atoms with Crippen molar-refractivity contribution in [2.24, 2.45) is 0 Å². The Morgan fingerprint density at radius 3 is 2.79 bits per heavy atom. The number of nitrogens with zero attached hydrogens (tertiary/aromatic N) is 4. The quantitative estimate of drug-likeness (QED) is 0.792. The number of aromatic nitrogens is 2. The summed E-state index contributed by atoms with van der Waals surface area (Å²) in [5, 5.41) is 0. The van der Waals surface area contributed by atoms with Gasteiger partial charge in [-0.1, -0.05) is 18.2 Å². The van der Waals surface area contributed by atoms with Crippen LogP contribution in [0.5, 0.6) is 5.75 Å². The molecule has 2 aliphatic heterocycles. The fraction of sp³-hybridized carbons (Fsp3) is 0.455. The highest BCUT2D eigenvalue weighted by atomic mass is 16.5. The van der Waals surface area contributed by atoms with Crippen LogP contribution in [0.1, 0.15) is 41.9 Å². The molecule has 7 nitrogen and oxygen atoms in total. The van der Waals surface area contributed by atoms with Gasteiger partial charge in [0.2, 0.25) is 11.8 Å². The van der Waals surface area contributed by atoms with Gasteiger partial charge in [0.1, 0.15) is 11.6 Å². The van der Waals surface area contributed by atoms with Crippen LogP contribution in [-0.4, -0.2) is 58.3 Å². The monoisotopic (exact) mass is 394 g/mol. The standard InChI is InChI=1S/C22H26N4O3/c1-15(27)25-9-7-17(13-25)22-23-12-18-14-26(10-8-19(18)24-22)21(28)11-16-5-3-4-6-20(16)29-2/h3-6,12,17H,7-11,13-14H2,1-2H3/t17-/m1/s1. The third kappa shape index (κ3) is 4.09. The van der Waals surface area contributed by atoms with Crippen LogP contribution in [-0.2, 0) is 29.0 Å². The fourth-order valence-corrected chi connectivity index (χ4v) is 4.12. The molecule has 0 radical (unpaired) electrons. The molecule has 4 rings (SSSR count). The van der Waals surface area contributed by atoms with E-state index < -0.39 is 0 Å². The summed E-state index contributed by atoms with van der Waals surface area (Å²) in [5.41, 5.74) is 2.93. The van der Waals surface area contributed by atoms with Crippen LogP contribution < -0.4 is 4.74 Å². The number of fused-ring (bicyclic) bond motifs is 1. The van der Waals surface area contributed by atoms with E-state index in [4.69, 9.17) is 9.72 Å². The fourth-order valence-electron chi connectivity index (χ4n) is 4.12. The number of amides is 2. The molecule has 1 aromatic heterocycles. The van der Waals surface area contributed by atoms with Gasteiger partial charge in [-0.05, 0) is 12.5 Å². The van der Waals surface area contributed by atoms with Gasteiger partial charge in [0, 0.05) is 62.8 Å². The molecule has 1 atom stereocenters. The number of carbonyl (C=O) groups is 2. The van der Waals surface area contributed by atoms with E-state index >= 15 is 0 Å². The van der Waals surface area contributed by atoms with E-state index in [0.717, 1.165) is 47.8 Å². The van der Waals surface area contributed by atoms with Crippen molar-refractivity contribution in [1.29, 1.82) is 0 Å². The zero-order valence-electron chi connectivity index (χ0n) is 16.9.